The van der Waals surface area contributed by atoms with Crippen molar-refractivity contribution in [2.24, 2.45) is 0 Å². The lowest BCUT2D eigenvalue weighted by molar-refractivity contribution is -0.152. The van der Waals surface area contributed by atoms with Crippen molar-refractivity contribution in [3.8, 4) is 11.8 Å². The molecule has 0 saturated heterocycles. The number of benzene rings is 2. The van der Waals surface area contributed by atoms with Gasteiger partial charge in [-0.05, 0) is 38.1 Å². The Labute approximate surface area is 162 Å². The number of amides is 1. The molecule has 0 aromatic heterocycles. The van der Waals surface area contributed by atoms with Crippen molar-refractivity contribution < 1.29 is 19.1 Å². The molecule has 0 aliphatic rings. The van der Waals surface area contributed by atoms with E-state index in [1.807, 2.05) is 25.1 Å². The quantitative estimate of drug-likeness (QED) is 0.765. The molecule has 27 heavy (non-hydrogen) atoms. The average Bonchev–Trinajstić information content (AvgIpc) is 2.62. The van der Waals surface area contributed by atoms with E-state index in [2.05, 4.69) is 5.32 Å². The SMILES string of the molecule is COc1ccc(C)cc1CC(=O)O[C@@H](C)C(=O)Nc1ccc(C#N)c(Cl)c1. The predicted octanol–water partition coefficient (Wildman–Crippen LogP) is 3.64. The number of carbonyl (C=O) groups excluding carboxylic acids is 2. The standard InChI is InChI=1S/C20H19ClN2O4/c1-12-4-7-18(26-3)15(8-12)9-19(24)27-13(2)20(25)23-16-6-5-14(11-22)17(21)10-16/h4-8,10,13H,9H2,1-3H3,(H,23,25)/t13-/m0/s1. The number of carbonyl (C=O) groups is 2. The van der Waals surface area contributed by atoms with Gasteiger partial charge in [0.25, 0.3) is 5.91 Å². The Morgan fingerprint density at radius 3 is 2.63 bits per heavy atom. The van der Waals surface area contributed by atoms with Crippen molar-refractivity contribution in [3.05, 3.63) is 58.1 Å². The fourth-order valence-corrected chi connectivity index (χ4v) is 2.64. The molecule has 0 aliphatic heterocycles. The molecule has 0 heterocycles. The molecule has 140 valence electrons. The Morgan fingerprint density at radius 2 is 2.00 bits per heavy atom. The number of ether oxygens (including phenoxy) is 2. The van der Waals surface area contributed by atoms with Gasteiger partial charge in [0.15, 0.2) is 6.10 Å². The second-order valence-corrected chi connectivity index (χ2v) is 6.33. The van der Waals surface area contributed by atoms with Crippen LogP contribution in [-0.2, 0) is 20.7 Å². The summed E-state index contributed by atoms with van der Waals surface area (Å²) in [6.07, 6.45) is -1.01. The van der Waals surface area contributed by atoms with Crippen LogP contribution in [0.1, 0.15) is 23.6 Å². The fourth-order valence-electron chi connectivity index (χ4n) is 2.42. The van der Waals surface area contributed by atoms with Crippen molar-refractivity contribution in [3.63, 3.8) is 0 Å². The predicted molar refractivity (Wildman–Crippen MR) is 102 cm³/mol. The third kappa shape index (κ3) is 5.47. The smallest absolute Gasteiger partial charge is 0.311 e. The van der Waals surface area contributed by atoms with E-state index >= 15 is 0 Å². The third-order valence-corrected chi connectivity index (χ3v) is 4.12. The average molecular weight is 387 g/mol. The van der Waals surface area contributed by atoms with Crippen molar-refractivity contribution in [1.82, 2.24) is 0 Å². The lowest BCUT2D eigenvalue weighted by Gasteiger charge is -2.15. The Hall–Kier alpha value is -3.04. The topological polar surface area (TPSA) is 88.4 Å². The second-order valence-electron chi connectivity index (χ2n) is 5.92. The maximum absolute atomic E-state index is 12.2. The Morgan fingerprint density at radius 1 is 1.26 bits per heavy atom. The number of nitrogens with one attached hydrogen (secondary N) is 1. The highest BCUT2D eigenvalue weighted by Crippen LogP contribution is 2.22. The van der Waals surface area contributed by atoms with E-state index in [1.165, 1.54) is 26.2 Å². The summed E-state index contributed by atoms with van der Waals surface area (Å²) < 4.78 is 10.5. The maximum Gasteiger partial charge on any atom is 0.311 e. The molecule has 7 heteroatoms. The van der Waals surface area contributed by atoms with Gasteiger partial charge in [-0.2, -0.15) is 5.26 Å². The highest BCUT2D eigenvalue weighted by Gasteiger charge is 2.19. The van der Waals surface area contributed by atoms with Crippen LogP contribution in [0.2, 0.25) is 5.02 Å². The van der Waals surface area contributed by atoms with Gasteiger partial charge in [-0.25, -0.2) is 0 Å². The maximum atomic E-state index is 12.2. The minimum absolute atomic E-state index is 0.00876. The van der Waals surface area contributed by atoms with E-state index < -0.39 is 18.0 Å². The van der Waals surface area contributed by atoms with Crippen LogP contribution in [0.4, 0.5) is 5.69 Å². The van der Waals surface area contributed by atoms with E-state index in [0.29, 0.717) is 22.6 Å². The summed E-state index contributed by atoms with van der Waals surface area (Å²) in [6.45, 7) is 3.39. The summed E-state index contributed by atoms with van der Waals surface area (Å²) in [7, 11) is 1.53. The van der Waals surface area contributed by atoms with Gasteiger partial charge in [0.05, 0.1) is 24.1 Å². The number of methoxy groups -OCH3 is 1. The Balaban J connectivity index is 1.98. The molecular weight excluding hydrogens is 368 g/mol. The second kappa shape index (κ2) is 9.06. The number of nitrogens with zero attached hydrogens (tertiary/aromatic N) is 1. The van der Waals surface area contributed by atoms with Crippen molar-refractivity contribution in [2.45, 2.75) is 26.4 Å². The molecule has 0 spiro atoms. The zero-order valence-corrected chi connectivity index (χ0v) is 16.0. The first kappa shape index (κ1) is 20.3. The van der Waals surface area contributed by atoms with Crippen molar-refractivity contribution >= 4 is 29.2 Å². The number of anilines is 1. The summed E-state index contributed by atoms with van der Waals surface area (Å²) in [5.41, 5.74) is 2.39. The molecule has 0 radical (unpaired) electrons. The van der Waals surface area contributed by atoms with Crippen molar-refractivity contribution in [1.29, 1.82) is 5.26 Å². The van der Waals surface area contributed by atoms with Gasteiger partial charge in [-0.1, -0.05) is 29.3 Å². The zero-order chi connectivity index (χ0) is 20.0. The molecule has 2 aromatic rings. The van der Waals surface area contributed by atoms with Crippen molar-refractivity contribution in [2.75, 3.05) is 12.4 Å². The Bertz CT molecular complexity index is 905. The lowest BCUT2D eigenvalue weighted by Crippen LogP contribution is -2.30. The van der Waals surface area contributed by atoms with Crippen LogP contribution in [0.25, 0.3) is 0 Å². The van der Waals surface area contributed by atoms with Crippen LogP contribution in [0.15, 0.2) is 36.4 Å². The third-order valence-electron chi connectivity index (χ3n) is 3.81. The molecule has 0 unspecified atom stereocenters. The summed E-state index contributed by atoms with van der Waals surface area (Å²) in [5, 5.41) is 11.7. The Kier molecular flexibility index (Phi) is 6.80. The van der Waals surface area contributed by atoms with E-state index in [9.17, 15) is 9.59 Å². The molecule has 0 saturated carbocycles. The molecule has 6 nitrogen and oxygen atoms in total. The first-order valence-electron chi connectivity index (χ1n) is 8.17. The van der Waals surface area contributed by atoms with Crippen LogP contribution in [0.5, 0.6) is 5.75 Å². The van der Waals surface area contributed by atoms with Gasteiger partial charge in [-0.3, -0.25) is 9.59 Å². The van der Waals surface area contributed by atoms with Gasteiger partial charge in [-0.15, -0.1) is 0 Å². The molecular formula is C20H19ClN2O4. The van der Waals surface area contributed by atoms with Gasteiger partial charge >= 0.3 is 5.97 Å². The number of hydrogen-bond donors (Lipinski definition) is 1. The van der Waals surface area contributed by atoms with Gasteiger partial charge in [0, 0.05) is 11.3 Å². The summed E-state index contributed by atoms with van der Waals surface area (Å²) in [5.74, 6) is -0.457. The molecule has 1 atom stereocenters. The highest BCUT2D eigenvalue weighted by atomic mass is 35.5. The first-order valence-corrected chi connectivity index (χ1v) is 8.55. The van der Waals surface area contributed by atoms with Gasteiger partial charge in [0.2, 0.25) is 0 Å². The number of halogens is 1. The highest BCUT2D eigenvalue weighted by molar-refractivity contribution is 6.32. The monoisotopic (exact) mass is 386 g/mol. The van der Waals surface area contributed by atoms with E-state index in [4.69, 9.17) is 26.3 Å². The minimum Gasteiger partial charge on any atom is -0.496 e. The first-order chi connectivity index (χ1) is 12.8. The number of hydrogen-bond acceptors (Lipinski definition) is 5. The molecule has 0 aliphatic carbocycles. The molecule has 0 fully saturated rings. The van der Waals surface area contributed by atoms with Crippen LogP contribution in [-0.4, -0.2) is 25.1 Å². The molecule has 2 aromatic carbocycles. The number of nitriles is 1. The fraction of sp³-hybridized carbons (Fsp3) is 0.250. The van der Waals surface area contributed by atoms with Crippen LogP contribution < -0.4 is 10.1 Å². The lowest BCUT2D eigenvalue weighted by atomic mass is 10.1. The summed E-state index contributed by atoms with van der Waals surface area (Å²) >= 11 is 5.94. The number of esters is 1. The van der Waals surface area contributed by atoms with E-state index in [-0.39, 0.29) is 11.4 Å². The molecule has 1 N–H and O–H groups in total. The van der Waals surface area contributed by atoms with E-state index in [0.717, 1.165) is 5.56 Å². The van der Waals surface area contributed by atoms with Gasteiger partial charge in [0.1, 0.15) is 11.8 Å². The largest absolute Gasteiger partial charge is 0.496 e. The normalized spacial score (nSPS) is 11.2. The zero-order valence-electron chi connectivity index (χ0n) is 15.2. The van der Waals surface area contributed by atoms with Crippen LogP contribution >= 0.6 is 11.6 Å². The minimum atomic E-state index is -0.997. The summed E-state index contributed by atoms with van der Waals surface area (Å²) in [6, 6.07) is 11.9. The van der Waals surface area contributed by atoms with Gasteiger partial charge < -0.3 is 14.8 Å². The van der Waals surface area contributed by atoms with E-state index in [1.54, 1.807) is 12.1 Å². The van der Waals surface area contributed by atoms with Crippen LogP contribution in [0, 0.1) is 18.3 Å². The number of rotatable bonds is 6. The van der Waals surface area contributed by atoms with Crippen LogP contribution in [0.3, 0.4) is 0 Å². The number of aryl methyl sites for hydroxylation is 1. The molecule has 2 rings (SSSR count). The molecule has 1 amide bonds. The molecule has 0 bridgehead atoms. The summed E-state index contributed by atoms with van der Waals surface area (Å²) in [4.78, 5) is 24.4.